The smallest absolute Gasteiger partial charge is 0.270 e. The maximum atomic E-state index is 11.4. The lowest BCUT2D eigenvalue weighted by Gasteiger charge is -1.95. The number of aromatic amines is 1. The highest BCUT2D eigenvalue weighted by Gasteiger charge is 2.00. The van der Waals surface area contributed by atoms with Gasteiger partial charge in [0.2, 0.25) is 0 Å². The van der Waals surface area contributed by atoms with Crippen molar-refractivity contribution < 1.29 is 4.79 Å². The molecule has 7 heteroatoms. The van der Waals surface area contributed by atoms with E-state index in [4.69, 9.17) is 0 Å². The summed E-state index contributed by atoms with van der Waals surface area (Å²) < 4.78 is 0.992. The Kier molecular flexibility index (Phi) is 3.61. The average Bonchev–Trinajstić information content (AvgIpc) is 2.81. The minimum atomic E-state index is -0.311. The van der Waals surface area contributed by atoms with Gasteiger partial charge in [-0.2, -0.15) is 5.21 Å². The first kappa shape index (κ1) is 11.5. The summed E-state index contributed by atoms with van der Waals surface area (Å²) in [5.41, 5.74) is 0.927. The van der Waals surface area contributed by atoms with E-state index in [0.29, 0.717) is 0 Å². The van der Waals surface area contributed by atoms with Gasteiger partial charge in [-0.15, -0.1) is 5.10 Å². The molecule has 2 N–H and O–H groups in total. The van der Waals surface area contributed by atoms with Gasteiger partial charge in [-0.05, 0) is 29.0 Å². The van der Waals surface area contributed by atoms with Crippen LogP contribution in [0.5, 0.6) is 0 Å². The summed E-state index contributed by atoms with van der Waals surface area (Å²) in [6, 6.07) is 7.58. The van der Waals surface area contributed by atoms with E-state index in [0.717, 1.165) is 10.0 Å². The minimum absolute atomic E-state index is 0.149. The molecule has 0 aliphatic rings. The van der Waals surface area contributed by atoms with Gasteiger partial charge in [0.05, 0.1) is 0 Å². The molecule has 1 aromatic carbocycles. The van der Waals surface area contributed by atoms with Gasteiger partial charge < -0.3 is 0 Å². The molecule has 0 aliphatic carbocycles. The second-order valence-electron chi connectivity index (χ2n) is 3.11. The van der Waals surface area contributed by atoms with Gasteiger partial charge in [-0.1, -0.05) is 33.2 Å². The Morgan fingerprint density at radius 1 is 1.35 bits per heavy atom. The molecule has 2 aromatic rings. The highest BCUT2D eigenvalue weighted by molar-refractivity contribution is 9.10. The summed E-state index contributed by atoms with van der Waals surface area (Å²) in [7, 11) is 0. The number of hydrogen-bond acceptors (Lipinski definition) is 4. The average molecular weight is 294 g/mol. The number of aromatic nitrogens is 4. The zero-order chi connectivity index (χ0) is 12.1. The topological polar surface area (TPSA) is 83.6 Å². The molecule has 0 saturated carbocycles. The molecule has 1 amide bonds. The summed E-state index contributed by atoms with van der Waals surface area (Å²) in [5.74, 6) is -0.162. The van der Waals surface area contributed by atoms with Crippen LogP contribution >= 0.6 is 15.9 Å². The molecule has 0 saturated heterocycles. The first-order chi connectivity index (χ1) is 8.24. The summed E-state index contributed by atoms with van der Waals surface area (Å²) in [6.07, 6.45) is 3.10. The number of carbonyl (C=O) groups excluding carboxylic acids is 1. The van der Waals surface area contributed by atoms with Gasteiger partial charge in [0.1, 0.15) is 0 Å². The summed E-state index contributed by atoms with van der Waals surface area (Å²) in [5, 5.41) is 15.2. The van der Waals surface area contributed by atoms with Crippen molar-refractivity contribution in [1.29, 1.82) is 0 Å². The minimum Gasteiger partial charge on any atom is -0.288 e. The van der Waals surface area contributed by atoms with Crippen LogP contribution in [0.2, 0.25) is 0 Å². The maximum Gasteiger partial charge on any atom is 0.270 e. The molecule has 0 atom stereocenters. The fourth-order valence-electron chi connectivity index (χ4n) is 1.11. The fourth-order valence-corrected chi connectivity index (χ4v) is 1.38. The van der Waals surface area contributed by atoms with Crippen molar-refractivity contribution in [3.05, 3.63) is 40.4 Å². The van der Waals surface area contributed by atoms with Gasteiger partial charge in [0.25, 0.3) is 11.9 Å². The van der Waals surface area contributed by atoms with E-state index < -0.39 is 0 Å². The maximum absolute atomic E-state index is 11.4. The zero-order valence-corrected chi connectivity index (χ0v) is 10.2. The van der Waals surface area contributed by atoms with E-state index in [-0.39, 0.29) is 11.9 Å². The van der Waals surface area contributed by atoms with Crippen molar-refractivity contribution in [2.45, 2.75) is 0 Å². The molecule has 0 spiro atoms. The van der Waals surface area contributed by atoms with Crippen molar-refractivity contribution in [1.82, 2.24) is 20.6 Å². The van der Waals surface area contributed by atoms with E-state index in [1.165, 1.54) is 6.08 Å². The lowest BCUT2D eigenvalue weighted by atomic mass is 10.2. The number of anilines is 1. The van der Waals surface area contributed by atoms with Gasteiger partial charge in [0, 0.05) is 10.5 Å². The molecule has 0 fully saturated rings. The van der Waals surface area contributed by atoms with E-state index in [2.05, 4.69) is 41.9 Å². The van der Waals surface area contributed by atoms with Crippen LogP contribution in [-0.4, -0.2) is 26.5 Å². The first-order valence-electron chi connectivity index (χ1n) is 4.72. The summed E-state index contributed by atoms with van der Waals surface area (Å²) >= 11 is 3.33. The SMILES string of the molecule is O=C(/C=C/c1ccc(Br)cc1)Nc1nn[nH]n1. The highest BCUT2D eigenvalue weighted by Crippen LogP contribution is 2.11. The Morgan fingerprint density at radius 2 is 2.12 bits per heavy atom. The lowest BCUT2D eigenvalue weighted by Crippen LogP contribution is -2.09. The fraction of sp³-hybridized carbons (Fsp3) is 0. The van der Waals surface area contributed by atoms with Crippen LogP contribution in [0.15, 0.2) is 34.8 Å². The predicted octanol–water partition coefficient (Wildman–Crippen LogP) is 1.61. The van der Waals surface area contributed by atoms with E-state index in [9.17, 15) is 4.79 Å². The summed E-state index contributed by atoms with van der Waals surface area (Å²) in [6.45, 7) is 0. The highest BCUT2D eigenvalue weighted by atomic mass is 79.9. The van der Waals surface area contributed by atoms with Crippen molar-refractivity contribution in [2.75, 3.05) is 5.32 Å². The Bertz CT molecular complexity index is 520. The van der Waals surface area contributed by atoms with Crippen LogP contribution < -0.4 is 5.32 Å². The zero-order valence-electron chi connectivity index (χ0n) is 8.59. The van der Waals surface area contributed by atoms with Gasteiger partial charge in [0.15, 0.2) is 0 Å². The Hall–Kier alpha value is -2.02. The van der Waals surface area contributed by atoms with Crippen LogP contribution in [0, 0.1) is 0 Å². The number of amides is 1. The summed E-state index contributed by atoms with van der Waals surface area (Å²) in [4.78, 5) is 11.4. The molecule has 1 aromatic heterocycles. The molecule has 17 heavy (non-hydrogen) atoms. The largest absolute Gasteiger partial charge is 0.288 e. The number of nitrogens with one attached hydrogen (secondary N) is 2. The van der Waals surface area contributed by atoms with Crippen molar-refractivity contribution >= 4 is 33.9 Å². The monoisotopic (exact) mass is 293 g/mol. The molecule has 0 bridgehead atoms. The molecular weight excluding hydrogens is 286 g/mol. The number of H-pyrrole nitrogens is 1. The molecule has 1 heterocycles. The first-order valence-corrected chi connectivity index (χ1v) is 5.51. The molecule has 86 valence electrons. The number of nitrogens with zero attached hydrogens (tertiary/aromatic N) is 3. The third-order valence-corrected chi connectivity index (χ3v) is 2.41. The molecule has 2 rings (SSSR count). The van der Waals surface area contributed by atoms with E-state index in [1.54, 1.807) is 6.08 Å². The second kappa shape index (κ2) is 5.35. The number of rotatable bonds is 3. The van der Waals surface area contributed by atoms with Crippen LogP contribution in [0.3, 0.4) is 0 Å². The Morgan fingerprint density at radius 3 is 2.76 bits per heavy atom. The Labute approximate surface area is 105 Å². The number of benzene rings is 1. The Balaban J connectivity index is 1.96. The van der Waals surface area contributed by atoms with E-state index in [1.807, 2.05) is 24.3 Å². The van der Waals surface area contributed by atoms with Crippen LogP contribution in [0.4, 0.5) is 5.95 Å². The van der Waals surface area contributed by atoms with Gasteiger partial charge in [-0.3, -0.25) is 10.1 Å². The third-order valence-electron chi connectivity index (χ3n) is 1.88. The van der Waals surface area contributed by atoms with E-state index >= 15 is 0 Å². The van der Waals surface area contributed by atoms with Crippen molar-refractivity contribution in [3.8, 4) is 0 Å². The molecular formula is C10H8BrN5O. The molecule has 0 unspecified atom stereocenters. The van der Waals surface area contributed by atoms with Crippen LogP contribution in [-0.2, 0) is 4.79 Å². The molecule has 0 radical (unpaired) electrons. The van der Waals surface area contributed by atoms with Crippen molar-refractivity contribution in [3.63, 3.8) is 0 Å². The predicted molar refractivity (Wildman–Crippen MR) is 66.0 cm³/mol. The standard InChI is InChI=1S/C10H8BrN5O/c11-8-4-1-7(2-5-8)3-6-9(17)12-10-13-15-16-14-10/h1-6H,(H2,12,13,14,15,16,17)/b6-3+. The number of carbonyl (C=O) groups is 1. The van der Waals surface area contributed by atoms with Crippen LogP contribution in [0.1, 0.15) is 5.56 Å². The van der Waals surface area contributed by atoms with Gasteiger partial charge >= 0.3 is 0 Å². The number of tetrazole rings is 1. The lowest BCUT2D eigenvalue weighted by molar-refractivity contribution is -0.111. The quantitative estimate of drug-likeness (QED) is 0.842. The normalized spacial score (nSPS) is 10.6. The second-order valence-corrected chi connectivity index (χ2v) is 4.03. The van der Waals surface area contributed by atoms with Crippen molar-refractivity contribution in [2.24, 2.45) is 0 Å². The van der Waals surface area contributed by atoms with Gasteiger partial charge in [-0.25, -0.2) is 0 Å². The number of hydrogen-bond donors (Lipinski definition) is 2. The third kappa shape index (κ3) is 3.49. The molecule has 0 aliphatic heterocycles. The number of halogens is 1. The molecule has 6 nitrogen and oxygen atoms in total. The van der Waals surface area contributed by atoms with Crippen LogP contribution in [0.25, 0.3) is 6.08 Å².